The van der Waals surface area contributed by atoms with Crippen LogP contribution in [-0.2, 0) is 6.42 Å². The number of aromatic nitrogens is 2. The van der Waals surface area contributed by atoms with Crippen LogP contribution in [0.1, 0.15) is 12.0 Å². The quantitative estimate of drug-likeness (QED) is 0.741. The third-order valence-corrected chi connectivity index (χ3v) is 3.94. The minimum Gasteiger partial charge on any atom is -0.381 e. The van der Waals surface area contributed by atoms with Gasteiger partial charge in [0, 0.05) is 12.2 Å². The van der Waals surface area contributed by atoms with Crippen LogP contribution in [-0.4, -0.2) is 16.5 Å². The fourth-order valence-electron chi connectivity index (χ4n) is 2.96. The lowest BCUT2D eigenvalue weighted by atomic mass is 10.0. The molecular formula is C17H16N4. The number of nitrogens with two attached hydrogens (primary N) is 1. The second-order valence-corrected chi connectivity index (χ2v) is 5.31. The molecule has 0 saturated heterocycles. The van der Waals surface area contributed by atoms with Crippen molar-refractivity contribution in [3.63, 3.8) is 0 Å². The molecule has 0 radical (unpaired) electrons. The normalized spacial score (nSPS) is 14.2. The maximum atomic E-state index is 6.16. The lowest BCUT2D eigenvalue weighted by Gasteiger charge is -2.30. The van der Waals surface area contributed by atoms with E-state index in [9.17, 15) is 0 Å². The first-order valence-corrected chi connectivity index (χ1v) is 7.20. The average molecular weight is 276 g/mol. The first-order chi connectivity index (χ1) is 10.3. The minimum absolute atomic E-state index is 0.491. The molecule has 104 valence electrons. The van der Waals surface area contributed by atoms with E-state index in [2.05, 4.69) is 34.1 Å². The van der Waals surface area contributed by atoms with Gasteiger partial charge in [0.25, 0.3) is 0 Å². The molecule has 2 aromatic carbocycles. The van der Waals surface area contributed by atoms with Crippen LogP contribution >= 0.6 is 0 Å². The first kappa shape index (κ1) is 12.1. The molecular weight excluding hydrogens is 260 g/mol. The Balaban J connectivity index is 1.89. The van der Waals surface area contributed by atoms with Crippen LogP contribution in [0, 0.1) is 0 Å². The number of anilines is 3. The second kappa shape index (κ2) is 4.74. The molecule has 3 aromatic rings. The molecule has 0 amide bonds. The third-order valence-electron chi connectivity index (χ3n) is 3.94. The Morgan fingerprint density at radius 2 is 1.62 bits per heavy atom. The van der Waals surface area contributed by atoms with Crippen molar-refractivity contribution >= 4 is 28.4 Å². The number of hydrogen-bond donors (Lipinski definition) is 1. The molecule has 4 rings (SSSR count). The molecule has 0 saturated carbocycles. The zero-order valence-corrected chi connectivity index (χ0v) is 11.7. The van der Waals surface area contributed by atoms with Gasteiger partial charge in [-0.25, -0.2) is 9.97 Å². The number of fused-ring (bicyclic) bond motifs is 2. The van der Waals surface area contributed by atoms with Crippen molar-refractivity contribution in [2.75, 3.05) is 17.2 Å². The minimum atomic E-state index is 0.491. The van der Waals surface area contributed by atoms with Gasteiger partial charge in [0.15, 0.2) is 11.6 Å². The summed E-state index contributed by atoms with van der Waals surface area (Å²) in [6.07, 6.45) is 2.21. The van der Waals surface area contributed by atoms with Crippen LogP contribution in [0.2, 0.25) is 0 Å². The molecule has 0 spiro atoms. The van der Waals surface area contributed by atoms with Crippen molar-refractivity contribution in [3.8, 4) is 0 Å². The van der Waals surface area contributed by atoms with Crippen LogP contribution in [0.5, 0.6) is 0 Å². The molecule has 2 N–H and O–H groups in total. The predicted molar refractivity (Wildman–Crippen MR) is 85.7 cm³/mol. The zero-order valence-electron chi connectivity index (χ0n) is 11.7. The lowest BCUT2D eigenvalue weighted by Crippen LogP contribution is -2.26. The topological polar surface area (TPSA) is 55.0 Å². The van der Waals surface area contributed by atoms with Crippen LogP contribution in [0.3, 0.4) is 0 Å². The Labute approximate surface area is 123 Å². The molecule has 0 aliphatic carbocycles. The van der Waals surface area contributed by atoms with E-state index in [-0.39, 0.29) is 0 Å². The number of benzene rings is 2. The highest BCUT2D eigenvalue weighted by Crippen LogP contribution is 2.35. The summed E-state index contributed by atoms with van der Waals surface area (Å²) in [7, 11) is 0. The monoisotopic (exact) mass is 276 g/mol. The van der Waals surface area contributed by atoms with Crippen molar-refractivity contribution in [1.82, 2.24) is 9.97 Å². The highest BCUT2D eigenvalue weighted by Gasteiger charge is 2.21. The highest BCUT2D eigenvalue weighted by molar-refractivity contribution is 5.82. The van der Waals surface area contributed by atoms with Gasteiger partial charge in [-0.1, -0.05) is 30.3 Å². The summed E-state index contributed by atoms with van der Waals surface area (Å²) in [5, 5.41) is 0. The Kier molecular flexibility index (Phi) is 2.74. The van der Waals surface area contributed by atoms with Crippen molar-refractivity contribution < 1.29 is 0 Å². The molecule has 1 aromatic heterocycles. The van der Waals surface area contributed by atoms with E-state index >= 15 is 0 Å². The molecule has 2 heterocycles. The largest absolute Gasteiger partial charge is 0.381 e. The van der Waals surface area contributed by atoms with E-state index in [1.165, 1.54) is 11.3 Å². The first-order valence-electron chi connectivity index (χ1n) is 7.20. The highest BCUT2D eigenvalue weighted by atomic mass is 15.2. The number of para-hydroxylation sites is 3. The van der Waals surface area contributed by atoms with Crippen LogP contribution in [0.4, 0.5) is 17.3 Å². The fraction of sp³-hybridized carbons (Fsp3) is 0.176. The van der Waals surface area contributed by atoms with E-state index in [1.807, 2.05) is 24.3 Å². The van der Waals surface area contributed by atoms with Crippen LogP contribution < -0.4 is 10.6 Å². The SMILES string of the molecule is Nc1nc2ccccc2nc1N1CCCc2ccccc21. The van der Waals surface area contributed by atoms with Gasteiger partial charge in [0.2, 0.25) is 0 Å². The third kappa shape index (κ3) is 2.00. The summed E-state index contributed by atoms with van der Waals surface area (Å²) < 4.78 is 0. The van der Waals surface area contributed by atoms with Crippen molar-refractivity contribution in [2.45, 2.75) is 12.8 Å². The molecule has 0 bridgehead atoms. The van der Waals surface area contributed by atoms with Crippen molar-refractivity contribution in [2.24, 2.45) is 0 Å². The lowest BCUT2D eigenvalue weighted by molar-refractivity contribution is 0.760. The molecule has 1 aliphatic heterocycles. The maximum absolute atomic E-state index is 6.16. The fourth-order valence-corrected chi connectivity index (χ4v) is 2.96. The molecule has 4 heteroatoms. The van der Waals surface area contributed by atoms with Crippen LogP contribution in [0.15, 0.2) is 48.5 Å². The second-order valence-electron chi connectivity index (χ2n) is 5.31. The van der Waals surface area contributed by atoms with Gasteiger partial charge in [0.05, 0.1) is 11.0 Å². The van der Waals surface area contributed by atoms with Crippen molar-refractivity contribution in [1.29, 1.82) is 0 Å². The molecule has 21 heavy (non-hydrogen) atoms. The van der Waals surface area contributed by atoms with E-state index in [0.717, 1.165) is 36.2 Å². The molecule has 0 atom stereocenters. The number of aryl methyl sites for hydroxylation is 1. The summed E-state index contributed by atoms with van der Waals surface area (Å²) in [5.74, 6) is 1.26. The van der Waals surface area contributed by atoms with Gasteiger partial charge < -0.3 is 10.6 Å². The van der Waals surface area contributed by atoms with E-state index < -0.39 is 0 Å². The van der Waals surface area contributed by atoms with E-state index in [0.29, 0.717) is 5.82 Å². The standard InChI is InChI=1S/C17H16N4/c18-16-17(20-14-9-3-2-8-13(14)19-16)21-11-5-7-12-6-1-4-10-15(12)21/h1-4,6,8-10H,5,7,11H2,(H2,18,19). The number of hydrogen-bond acceptors (Lipinski definition) is 4. The average Bonchev–Trinajstić information content (AvgIpc) is 2.54. The van der Waals surface area contributed by atoms with E-state index in [4.69, 9.17) is 10.7 Å². The predicted octanol–water partition coefficient (Wildman–Crippen LogP) is 3.30. The summed E-state index contributed by atoms with van der Waals surface area (Å²) in [6.45, 7) is 0.925. The van der Waals surface area contributed by atoms with Crippen molar-refractivity contribution in [3.05, 3.63) is 54.1 Å². The molecule has 0 unspecified atom stereocenters. The number of nitrogen functional groups attached to an aromatic ring is 1. The van der Waals surface area contributed by atoms with Crippen LogP contribution in [0.25, 0.3) is 11.0 Å². The van der Waals surface area contributed by atoms with Gasteiger partial charge in [-0.05, 0) is 36.6 Å². The molecule has 4 nitrogen and oxygen atoms in total. The van der Waals surface area contributed by atoms with Gasteiger partial charge in [-0.15, -0.1) is 0 Å². The zero-order chi connectivity index (χ0) is 14.2. The Morgan fingerprint density at radius 3 is 2.48 bits per heavy atom. The number of nitrogens with zero attached hydrogens (tertiary/aromatic N) is 3. The van der Waals surface area contributed by atoms with Gasteiger partial charge in [-0.2, -0.15) is 0 Å². The molecule has 0 fully saturated rings. The smallest absolute Gasteiger partial charge is 0.176 e. The Hall–Kier alpha value is -2.62. The Bertz CT molecular complexity index is 813. The van der Waals surface area contributed by atoms with Gasteiger partial charge >= 0.3 is 0 Å². The van der Waals surface area contributed by atoms with Gasteiger partial charge in [-0.3, -0.25) is 0 Å². The van der Waals surface area contributed by atoms with E-state index in [1.54, 1.807) is 0 Å². The molecule has 1 aliphatic rings. The number of rotatable bonds is 1. The summed E-state index contributed by atoms with van der Waals surface area (Å²) in [4.78, 5) is 11.4. The maximum Gasteiger partial charge on any atom is 0.176 e. The van der Waals surface area contributed by atoms with Gasteiger partial charge in [0.1, 0.15) is 0 Å². The Morgan fingerprint density at radius 1 is 0.905 bits per heavy atom. The summed E-state index contributed by atoms with van der Waals surface area (Å²) in [5.41, 5.74) is 10.4. The summed E-state index contributed by atoms with van der Waals surface area (Å²) in [6, 6.07) is 16.3. The summed E-state index contributed by atoms with van der Waals surface area (Å²) >= 11 is 0.